The van der Waals surface area contributed by atoms with Crippen LogP contribution in [-0.4, -0.2) is 37.7 Å². The number of esters is 2. The minimum absolute atomic E-state index is 0.144. The van der Waals surface area contributed by atoms with Crippen molar-refractivity contribution in [1.29, 1.82) is 0 Å². The summed E-state index contributed by atoms with van der Waals surface area (Å²) in [5.74, 6) is -0.0539. The lowest BCUT2D eigenvalue weighted by molar-refractivity contribution is -0.163. The van der Waals surface area contributed by atoms with Gasteiger partial charge in [-0.1, -0.05) is 127 Å². The van der Waals surface area contributed by atoms with Crippen molar-refractivity contribution in [2.75, 3.05) is 19.7 Å². The molecule has 1 unspecified atom stereocenters. The molecule has 1 N–H and O–H groups in total. The Kier molecular flexibility index (Phi) is 31.7. The van der Waals surface area contributed by atoms with E-state index in [0.717, 1.165) is 90.1 Å². The van der Waals surface area contributed by atoms with Gasteiger partial charge in [0.1, 0.15) is 12.7 Å². The molecule has 1 aliphatic rings. The Bertz CT molecular complexity index is 855. The van der Waals surface area contributed by atoms with E-state index in [4.69, 9.17) is 9.47 Å². The van der Waals surface area contributed by atoms with Crippen molar-refractivity contribution in [3.05, 3.63) is 48.6 Å². The topological polar surface area (TPSA) is 64.6 Å². The molecule has 48 heavy (non-hydrogen) atoms. The summed E-state index contributed by atoms with van der Waals surface area (Å²) in [4.78, 5) is 25.2. The fraction of sp³-hybridized carbons (Fsp3) is 0.767. The fourth-order valence-electron chi connectivity index (χ4n) is 6.12. The molecule has 276 valence electrons. The minimum atomic E-state index is -0.328. The second-order valence-electron chi connectivity index (χ2n) is 13.8. The molecule has 1 atom stereocenters. The zero-order valence-corrected chi connectivity index (χ0v) is 31.4. The van der Waals surface area contributed by atoms with Crippen molar-refractivity contribution >= 4 is 11.9 Å². The molecule has 1 aliphatic heterocycles. The van der Waals surface area contributed by atoms with Crippen LogP contribution in [0.25, 0.3) is 0 Å². The second-order valence-corrected chi connectivity index (χ2v) is 13.8. The summed E-state index contributed by atoms with van der Waals surface area (Å²) in [6.45, 7) is 6.52. The summed E-state index contributed by atoms with van der Waals surface area (Å²) in [5, 5.41) is 3.38. The van der Waals surface area contributed by atoms with Crippen molar-refractivity contribution < 1.29 is 19.1 Å². The highest BCUT2D eigenvalue weighted by molar-refractivity contribution is 5.70. The molecule has 1 saturated heterocycles. The standard InChI is InChI=1S/C43H75NO4/c1-3-5-7-9-11-13-15-17-19-21-23-25-27-29-31-33-42(45)47-39-41(40-35-37-44-38-36-40)48-43(46)34-32-30-28-26-24-22-20-18-16-14-12-10-8-6-4-2/h11-14,17-20,40-41,44H,3-10,15-16,21-39H2,1-2H3/b13-11-,14-12-,19-17-,20-18-. The van der Waals surface area contributed by atoms with Gasteiger partial charge in [-0.3, -0.25) is 9.59 Å². The number of carbonyl (C=O) groups excluding carboxylic acids is 2. The van der Waals surface area contributed by atoms with Gasteiger partial charge in [-0.25, -0.2) is 0 Å². The normalized spacial score (nSPS) is 15.0. The highest BCUT2D eigenvalue weighted by Gasteiger charge is 2.28. The van der Waals surface area contributed by atoms with Crippen molar-refractivity contribution in [1.82, 2.24) is 5.32 Å². The third kappa shape index (κ3) is 28.8. The number of nitrogens with one attached hydrogen (secondary N) is 1. The van der Waals surface area contributed by atoms with Crippen LogP contribution in [0.4, 0.5) is 0 Å². The lowest BCUT2D eigenvalue weighted by Gasteiger charge is -2.30. The van der Waals surface area contributed by atoms with Gasteiger partial charge in [-0.2, -0.15) is 0 Å². The Hall–Kier alpha value is -2.14. The smallest absolute Gasteiger partial charge is 0.306 e. The van der Waals surface area contributed by atoms with E-state index in [1.807, 2.05) is 0 Å². The highest BCUT2D eigenvalue weighted by Crippen LogP contribution is 2.21. The number of unbranched alkanes of at least 4 members (excludes halogenated alkanes) is 16. The molecular weight excluding hydrogens is 594 g/mol. The predicted molar refractivity (Wildman–Crippen MR) is 205 cm³/mol. The van der Waals surface area contributed by atoms with Gasteiger partial charge < -0.3 is 14.8 Å². The summed E-state index contributed by atoms with van der Waals surface area (Å²) in [6, 6.07) is 0. The van der Waals surface area contributed by atoms with Crippen LogP contribution in [-0.2, 0) is 19.1 Å². The highest BCUT2D eigenvalue weighted by atomic mass is 16.6. The maximum Gasteiger partial charge on any atom is 0.306 e. The fourth-order valence-corrected chi connectivity index (χ4v) is 6.12. The molecule has 0 aromatic heterocycles. The summed E-state index contributed by atoms with van der Waals surface area (Å²) in [6.07, 6.45) is 46.4. The van der Waals surface area contributed by atoms with Crippen molar-refractivity contribution in [2.24, 2.45) is 5.92 Å². The number of hydrogen-bond acceptors (Lipinski definition) is 5. The van der Waals surface area contributed by atoms with Crippen LogP contribution in [0.3, 0.4) is 0 Å². The molecule has 0 amide bonds. The van der Waals surface area contributed by atoms with E-state index in [-0.39, 0.29) is 30.6 Å². The molecule has 0 bridgehead atoms. The maximum absolute atomic E-state index is 12.7. The molecule has 5 heteroatoms. The first-order valence-corrected chi connectivity index (χ1v) is 20.3. The first kappa shape index (κ1) is 43.9. The van der Waals surface area contributed by atoms with Gasteiger partial charge in [0.2, 0.25) is 0 Å². The quantitative estimate of drug-likeness (QED) is 0.0439. The number of ether oxygens (including phenoxy) is 2. The van der Waals surface area contributed by atoms with E-state index >= 15 is 0 Å². The van der Waals surface area contributed by atoms with Crippen LogP contribution in [0.2, 0.25) is 0 Å². The molecule has 1 heterocycles. The minimum Gasteiger partial charge on any atom is -0.462 e. The van der Waals surface area contributed by atoms with Crippen molar-refractivity contribution in [2.45, 2.75) is 187 Å². The first-order valence-electron chi connectivity index (χ1n) is 20.3. The van der Waals surface area contributed by atoms with Crippen molar-refractivity contribution in [3.63, 3.8) is 0 Å². The molecule has 0 spiro atoms. The Balaban J connectivity index is 2.12. The van der Waals surface area contributed by atoms with Gasteiger partial charge in [0.25, 0.3) is 0 Å². The molecule has 0 radical (unpaired) electrons. The molecule has 0 aliphatic carbocycles. The van der Waals surface area contributed by atoms with E-state index in [1.165, 1.54) is 77.0 Å². The molecule has 1 fully saturated rings. The predicted octanol–water partition coefficient (Wildman–Crippen LogP) is 12.1. The zero-order chi connectivity index (χ0) is 34.6. The number of rotatable bonds is 32. The molecule has 1 rings (SSSR count). The largest absolute Gasteiger partial charge is 0.462 e. The van der Waals surface area contributed by atoms with E-state index in [0.29, 0.717) is 12.8 Å². The van der Waals surface area contributed by atoms with Crippen LogP contribution >= 0.6 is 0 Å². The van der Waals surface area contributed by atoms with Gasteiger partial charge in [-0.05, 0) is 103 Å². The average Bonchev–Trinajstić information content (AvgIpc) is 3.10. The van der Waals surface area contributed by atoms with E-state index in [2.05, 4.69) is 67.8 Å². The number of allylic oxidation sites excluding steroid dienone is 8. The van der Waals surface area contributed by atoms with Gasteiger partial charge in [-0.15, -0.1) is 0 Å². The van der Waals surface area contributed by atoms with Gasteiger partial charge in [0, 0.05) is 18.8 Å². The van der Waals surface area contributed by atoms with Crippen LogP contribution in [0, 0.1) is 5.92 Å². The number of hydrogen-bond donors (Lipinski definition) is 1. The third-order valence-corrected chi connectivity index (χ3v) is 9.26. The Morgan fingerprint density at radius 2 is 0.979 bits per heavy atom. The number of piperidine rings is 1. The third-order valence-electron chi connectivity index (χ3n) is 9.26. The average molecular weight is 670 g/mol. The second kappa shape index (κ2) is 34.7. The van der Waals surface area contributed by atoms with E-state index < -0.39 is 0 Å². The van der Waals surface area contributed by atoms with Crippen LogP contribution in [0.1, 0.15) is 181 Å². The summed E-state index contributed by atoms with van der Waals surface area (Å²) in [7, 11) is 0. The lowest BCUT2D eigenvalue weighted by atomic mass is 9.92. The SMILES string of the molecule is CCCCC/C=C\C/C=C\CCCCCCCC(=O)OCC(OC(=O)CCCCCCC/C=C\C/C=C\CCCCC)C1CCNCC1. The van der Waals surface area contributed by atoms with Gasteiger partial charge >= 0.3 is 11.9 Å². The maximum atomic E-state index is 12.7. The molecule has 0 saturated carbocycles. The molecule has 0 aromatic carbocycles. The summed E-state index contributed by atoms with van der Waals surface area (Å²) in [5.41, 5.74) is 0. The monoisotopic (exact) mass is 670 g/mol. The Labute approximate surface area is 296 Å². The molecule has 0 aromatic rings. The van der Waals surface area contributed by atoms with Crippen LogP contribution < -0.4 is 5.32 Å². The molecule has 5 nitrogen and oxygen atoms in total. The lowest BCUT2D eigenvalue weighted by Crippen LogP contribution is -2.39. The number of carbonyl (C=O) groups is 2. The van der Waals surface area contributed by atoms with Crippen LogP contribution in [0.5, 0.6) is 0 Å². The van der Waals surface area contributed by atoms with Crippen LogP contribution in [0.15, 0.2) is 48.6 Å². The summed E-state index contributed by atoms with van der Waals surface area (Å²) >= 11 is 0. The Morgan fingerprint density at radius 3 is 1.46 bits per heavy atom. The zero-order valence-electron chi connectivity index (χ0n) is 31.4. The van der Waals surface area contributed by atoms with Gasteiger partial charge in [0.05, 0.1) is 0 Å². The summed E-state index contributed by atoms with van der Waals surface area (Å²) < 4.78 is 11.6. The van der Waals surface area contributed by atoms with Gasteiger partial charge in [0.15, 0.2) is 0 Å². The molecular formula is C43H75NO4. The van der Waals surface area contributed by atoms with Crippen molar-refractivity contribution in [3.8, 4) is 0 Å². The Morgan fingerprint density at radius 1 is 0.562 bits per heavy atom. The van der Waals surface area contributed by atoms with E-state index in [9.17, 15) is 9.59 Å². The first-order chi connectivity index (χ1) is 23.7. The van der Waals surface area contributed by atoms with E-state index in [1.54, 1.807) is 0 Å².